The second-order valence-electron chi connectivity index (χ2n) is 15.3. The Morgan fingerprint density at radius 1 is 0.356 bits per heavy atom. The van der Waals surface area contributed by atoms with E-state index in [9.17, 15) is 0 Å². The number of benzene rings is 9. The average Bonchev–Trinajstić information content (AvgIpc) is 3.78. The van der Waals surface area contributed by atoms with Crippen molar-refractivity contribution in [1.82, 2.24) is 15.0 Å². The van der Waals surface area contributed by atoms with Gasteiger partial charge in [-0.05, 0) is 77.2 Å². The molecule has 1 heterocycles. The molecule has 0 saturated carbocycles. The second-order valence-corrected chi connectivity index (χ2v) is 15.3. The summed E-state index contributed by atoms with van der Waals surface area (Å²) in [5, 5.41) is 4.46. The standard InChI is InChI=1S/C55H32N4/c1-56-38-31-32-46-50(33-38)55(47-24-8-6-19-42(47)43-20-7-9-25-48(43)55)49-26-12-21-41(51(46)49)36-27-29-37(30-28-36)52-57-53(44-22-10-15-34-13-2-4-17-39(34)44)59-54(58-52)45-23-11-16-35-14-3-5-18-40(35)45/h2-33H. The summed E-state index contributed by atoms with van der Waals surface area (Å²) < 4.78 is 0. The number of rotatable bonds is 4. The van der Waals surface area contributed by atoms with Crippen molar-refractivity contribution in [2.24, 2.45) is 0 Å². The molecule has 0 bridgehead atoms. The van der Waals surface area contributed by atoms with Crippen molar-refractivity contribution in [3.8, 4) is 67.5 Å². The van der Waals surface area contributed by atoms with Crippen LogP contribution in [-0.4, -0.2) is 15.0 Å². The highest BCUT2D eigenvalue weighted by molar-refractivity contribution is 6.01. The molecule has 2 aliphatic carbocycles. The molecule has 12 rings (SSSR count). The third kappa shape index (κ3) is 4.80. The van der Waals surface area contributed by atoms with Crippen LogP contribution in [0, 0.1) is 6.57 Å². The molecule has 4 heteroatoms. The van der Waals surface area contributed by atoms with Crippen LogP contribution >= 0.6 is 0 Å². The fourth-order valence-electron chi connectivity index (χ4n) is 9.87. The summed E-state index contributed by atoms with van der Waals surface area (Å²) in [7, 11) is 0. The lowest BCUT2D eigenvalue weighted by Gasteiger charge is -2.30. The third-order valence-electron chi connectivity index (χ3n) is 12.4. The van der Waals surface area contributed by atoms with Crippen molar-refractivity contribution >= 4 is 27.2 Å². The van der Waals surface area contributed by atoms with E-state index in [0.717, 1.165) is 60.5 Å². The molecule has 0 amide bonds. The zero-order valence-electron chi connectivity index (χ0n) is 31.8. The smallest absolute Gasteiger partial charge is 0.187 e. The normalized spacial score (nSPS) is 12.9. The van der Waals surface area contributed by atoms with E-state index in [1.807, 2.05) is 6.07 Å². The van der Waals surface area contributed by atoms with Gasteiger partial charge in [-0.25, -0.2) is 19.8 Å². The van der Waals surface area contributed by atoms with Gasteiger partial charge >= 0.3 is 0 Å². The number of hydrogen-bond acceptors (Lipinski definition) is 3. The topological polar surface area (TPSA) is 43.0 Å². The SMILES string of the molecule is [C-]#[N+]c1ccc2c(c1)C1(c3ccccc3-c3ccccc31)c1cccc(-c3ccc(-c4nc(-c5cccc6ccccc56)nc(-c5cccc6ccccc56)n4)cc3)c1-2. The van der Waals surface area contributed by atoms with Crippen LogP contribution in [0.2, 0.25) is 0 Å². The van der Waals surface area contributed by atoms with Crippen LogP contribution in [0.5, 0.6) is 0 Å². The first kappa shape index (κ1) is 33.2. The highest BCUT2D eigenvalue weighted by atomic mass is 15.0. The molecule has 0 aliphatic heterocycles. The van der Waals surface area contributed by atoms with Crippen molar-refractivity contribution < 1.29 is 0 Å². The number of hydrogen-bond donors (Lipinski definition) is 0. The van der Waals surface area contributed by atoms with E-state index >= 15 is 0 Å². The van der Waals surface area contributed by atoms with E-state index in [1.165, 1.54) is 33.4 Å². The quantitative estimate of drug-likeness (QED) is 0.168. The number of aromatic nitrogens is 3. The average molecular weight is 749 g/mol. The lowest BCUT2D eigenvalue weighted by atomic mass is 9.70. The Bertz CT molecular complexity index is 3260. The molecular weight excluding hydrogens is 717 g/mol. The van der Waals surface area contributed by atoms with Gasteiger partial charge in [0.05, 0.1) is 12.0 Å². The van der Waals surface area contributed by atoms with Crippen LogP contribution < -0.4 is 0 Å². The predicted octanol–water partition coefficient (Wildman–Crippen LogP) is 13.7. The van der Waals surface area contributed by atoms with Gasteiger partial charge in [0.1, 0.15) is 0 Å². The van der Waals surface area contributed by atoms with Crippen LogP contribution in [0.3, 0.4) is 0 Å². The molecule has 10 aromatic rings. The molecule has 0 fully saturated rings. The van der Waals surface area contributed by atoms with Crippen LogP contribution in [0.25, 0.3) is 93.9 Å². The molecule has 2 aliphatic rings. The molecule has 4 nitrogen and oxygen atoms in total. The van der Waals surface area contributed by atoms with Crippen molar-refractivity contribution in [2.75, 3.05) is 0 Å². The first-order valence-electron chi connectivity index (χ1n) is 19.9. The second kappa shape index (κ2) is 12.8. The van der Waals surface area contributed by atoms with Gasteiger partial charge < -0.3 is 0 Å². The van der Waals surface area contributed by atoms with Gasteiger partial charge in [0.15, 0.2) is 23.2 Å². The first-order valence-corrected chi connectivity index (χ1v) is 19.9. The summed E-state index contributed by atoms with van der Waals surface area (Å²) in [6, 6.07) is 68.5. The van der Waals surface area contributed by atoms with Crippen LogP contribution in [0.1, 0.15) is 22.3 Å². The van der Waals surface area contributed by atoms with E-state index in [4.69, 9.17) is 21.5 Å². The van der Waals surface area contributed by atoms with Gasteiger partial charge in [0.25, 0.3) is 0 Å². The van der Waals surface area contributed by atoms with Crippen LogP contribution in [0.4, 0.5) is 5.69 Å². The van der Waals surface area contributed by atoms with Crippen molar-refractivity contribution in [3.63, 3.8) is 0 Å². The van der Waals surface area contributed by atoms with E-state index in [0.29, 0.717) is 23.2 Å². The molecule has 0 atom stereocenters. The van der Waals surface area contributed by atoms with E-state index in [1.54, 1.807) is 0 Å². The maximum Gasteiger partial charge on any atom is 0.187 e. The summed E-state index contributed by atoms with van der Waals surface area (Å²) in [6.07, 6.45) is 0. The molecule has 0 N–H and O–H groups in total. The van der Waals surface area contributed by atoms with E-state index < -0.39 is 5.41 Å². The Hall–Kier alpha value is -8.00. The zero-order valence-corrected chi connectivity index (χ0v) is 31.8. The van der Waals surface area contributed by atoms with Gasteiger partial charge in [0.2, 0.25) is 0 Å². The molecule has 0 saturated heterocycles. The lowest BCUT2D eigenvalue weighted by Crippen LogP contribution is -2.25. The minimum absolute atomic E-state index is 0.532. The largest absolute Gasteiger partial charge is 0.238 e. The molecule has 0 unspecified atom stereocenters. The van der Waals surface area contributed by atoms with Crippen molar-refractivity contribution in [3.05, 3.63) is 228 Å². The van der Waals surface area contributed by atoms with Crippen molar-refractivity contribution in [1.29, 1.82) is 0 Å². The summed E-state index contributed by atoms with van der Waals surface area (Å²) >= 11 is 0. The summed E-state index contributed by atoms with van der Waals surface area (Å²) in [5.41, 5.74) is 15.0. The first-order chi connectivity index (χ1) is 29.2. The van der Waals surface area contributed by atoms with Gasteiger partial charge in [-0.15, -0.1) is 0 Å². The minimum atomic E-state index is -0.532. The maximum absolute atomic E-state index is 7.99. The fraction of sp³-hybridized carbons (Fsp3) is 0.0182. The van der Waals surface area contributed by atoms with Gasteiger partial charge in [0, 0.05) is 16.7 Å². The molecule has 1 spiro atoms. The van der Waals surface area contributed by atoms with Gasteiger partial charge in [-0.3, -0.25) is 0 Å². The van der Waals surface area contributed by atoms with Crippen molar-refractivity contribution in [2.45, 2.75) is 5.41 Å². The minimum Gasteiger partial charge on any atom is -0.238 e. The molecular formula is C55H32N4. The third-order valence-corrected chi connectivity index (χ3v) is 12.4. The Kier molecular flexibility index (Phi) is 7.17. The summed E-state index contributed by atoms with van der Waals surface area (Å²) in [5.74, 6) is 1.89. The molecule has 9 aromatic carbocycles. The molecule has 0 radical (unpaired) electrons. The Balaban J connectivity index is 1.04. The molecule has 272 valence electrons. The Morgan fingerprint density at radius 3 is 1.46 bits per heavy atom. The Labute approximate surface area is 341 Å². The molecule has 59 heavy (non-hydrogen) atoms. The highest BCUT2D eigenvalue weighted by Crippen LogP contribution is 2.64. The van der Waals surface area contributed by atoms with E-state index in [2.05, 4.69) is 193 Å². The predicted molar refractivity (Wildman–Crippen MR) is 239 cm³/mol. The zero-order chi connectivity index (χ0) is 39.1. The van der Waals surface area contributed by atoms with Crippen LogP contribution in [-0.2, 0) is 5.41 Å². The monoisotopic (exact) mass is 748 g/mol. The van der Waals surface area contributed by atoms with E-state index in [-0.39, 0.29) is 0 Å². The summed E-state index contributed by atoms with van der Waals surface area (Å²) in [6.45, 7) is 7.99. The van der Waals surface area contributed by atoms with Crippen LogP contribution in [0.15, 0.2) is 194 Å². The fourth-order valence-corrected chi connectivity index (χ4v) is 9.87. The number of fused-ring (bicyclic) bond motifs is 12. The maximum atomic E-state index is 7.99. The number of nitrogens with zero attached hydrogens (tertiary/aromatic N) is 4. The highest BCUT2D eigenvalue weighted by Gasteiger charge is 2.52. The lowest BCUT2D eigenvalue weighted by molar-refractivity contribution is 0.794. The summed E-state index contributed by atoms with van der Waals surface area (Å²) in [4.78, 5) is 19.4. The Morgan fingerprint density at radius 2 is 0.831 bits per heavy atom. The van der Waals surface area contributed by atoms with Gasteiger partial charge in [-0.2, -0.15) is 0 Å². The van der Waals surface area contributed by atoms with Gasteiger partial charge in [-0.1, -0.05) is 194 Å². The molecule has 1 aromatic heterocycles.